The first-order valence-corrected chi connectivity index (χ1v) is 7.01. The molecule has 0 fully saturated rings. The fraction of sp³-hybridized carbons (Fsp3) is 0.0769. The summed E-state index contributed by atoms with van der Waals surface area (Å²) >= 11 is 13.0. The molecule has 0 amide bonds. The highest BCUT2D eigenvalue weighted by molar-refractivity contribution is 9.10. The molecule has 0 aliphatic carbocycles. The topological polar surface area (TPSA) is 0 Å². The van der Waals surface area contributed by atoms with Crippen LogP contribution in [0.1, 0.15) is 16.0 Å². The van der Waals surface area contributed by atoms with E-state index in [2.05, 4.69) is 31.9 Å². The molecule has 0 aromatic heterocycles. The Balaban J connectivity index is 2.33. The summed E-state index contributed by atoms with van der Waals surface area (Å²) in [5, 5.41) is 0.661. The van der Waals surface area contributed by atoms with Crippen molar-refractivity contribution in [2.45, 2.75) is 4.83 Å². The third-order valence-electron chi connectivity index (χ3n) is 2.40. The van der Waals surface area contributed by atoms with Gasteiger partial charge in [0, 0.05) is 4.47 Å². The van der Waals surface area contributed by atoms with Crippen molar-refractivity contribution in [2.24, 2.45) is 0 Å². The third-order valence-corrected chi connectivity index (χ3v) is 4.69. The Morgan fingerprint density at radius 1 is 1.00 bits per heavy atom. The molecule has 0 aliphatic rings. The molecule has 0 bridgehead atoms. The smallest absolute Gasteiger partial charge is 0.123 e. The summed E-state index contributed by atoms with van der Waals surface area (Å²) in [6, 6.07) is 12.2. The van der Waals surface area contributed by atoms with Crippen LogP contribution in [0.25, 0.3) is 0 Å². The second-order valence-corrected chi connectivity index (χ2v) is 5.76. The molecule has 17 heavy (non-hydrogen) atoms. The lowest BCUT2D eigenvalue weighted by Crippen LogP contribution is -1.93. The predicted octanol–water partition coefficient (Wildman–Crippen LogP) is 5.73. The van der Waals surface area contributed by atoms with E-state index in [1.54, 1.807) is 12.1 Å². The van der Waals surface area contributed by atoms with Gasteiger partial charge in [-0.1, -0.05) is 45.7 Å². The minimum Gasteiger partial charge on any atom is -0.207 e. The fourth-order valence-corrected chi connectivity index (χ4v) is 2.52. The second kappa shape index (κ2) is 5.51. The molecule has 0 saturated carbocycles. The number of rotatable bonds is 2. The Labute approximate surface area is 121 Å². The van der Waals surface area contributed by atoms with Crippen LogP contribution in [-0.2, 0) is 0 Å². The second-order valence-electron chi connectivity index (χ2n) is 3.59. The van der Waals surface area contributed by atoms with Gasteiger partial charge in [0.2, 0.25) is 0 Å². The Hall–Kier alpha value is -0.380. The Kier molecular flexibility index (Phi) is 4.23. The molecule has 88 valence electrons. The lowest BCUT2D eigenvalue weighted by atomic mass is 10.1. The summed E-state index contributed by atoms with van der Waals surface area (Å²) in [6.07, 6.45) is 0. The largest absolute Gasteiger partial charge is 0.207 e. The highest BCUT2D eigenvalue weighted by atomic mass is 79.9. The molecular formula is C13H8Br2ClF. The Morgan fingerprint density at radius 3 is 2.18 bits per heavy atom. The summed E-state index contributed by atoms with van der Waals surface area (Å²) in [5.41, 5.74) is 2.02. The normalized spacial score (nSPS) is 12.5. The van der Waals surface area contributed by atoms with Crippen molar-refractivity contribution in [3.63, 3.8) is 0 Å². The van der Waals surface area contributed by atoms with Gasteiger partial charge in [0.1, 0.15) is 5.82 Å². The van der Waals surface area contributed by atoms with Crippen molar-refractivity contribution in [1.29, 1.82) is 0 Å². The maximum absolute atomic E-state index is 12.8. The zero-order valence-electron chi connectivity index (χ0n) is 8.63. The Bertz CT molecular complexity index is 525. The maximum atomic E-state index is 12.8. The molecular weight excluding hydrogens is 370 g/mol. The van der Waals surface area contributed by atoms with Crippen molar-refractivity contribution >= 4 is 43.5 Å². The third kappa shape index (κ3) is 3.09. The highest BCUT2D eigenvalue weighted by Crippen LogP contribution is 2.34. The van der Waals surface area contributed by atoms with E-state index in [0.717, 1.165) is 15.6 Å². The molecule has 2 aromatic rings. The van der Waals surface area contributed by atoms with Crippen LogP contribution in [0.3, 0.4) is 0 Å². The minimum absolute atomic E-state index is 0.00806. The van der Waals surface area contributed by atoms with E-state index in [0.29, 0.717) is 5.02 Å². The molecule has 0 saturated heterocycles. The zero-order valence-corrected chi connectivity index (χ0v) is 12.6. The van der Waals surface area contributed by atoms with E-state index in [1.807, 2.05) is 18.2 Å². The van der Waals surface area contributed by atoms with Gasteiger partial charge in [-0.15, -0.1) is 0 Å². The Morgan fingerprint density at radius 2 is 1.59 bits per heavy atom. The van der Waals surface area contributed by atoms with Crippen molar-refractivity contribution in [2.75, 3.05) is 0 Å². The van der Waals surface area contributed by atoms with E-state index in [9.17, 15) is 4.39 Å². The first-order valence-electron chi connectivity index (χ1n) is 4.92. The summed E-state index contributed by atoms with van der Waals surface area (Å²) in [5.74, 6) is -0.234. The SMILES string of the molecule is Fc1ccc(C(Br)c2ccc(Br)c(Cl)c2)cc1. The maximum Gasteiger partial charge on any atom is 0.123 e. The van der Waals surface area contributed by atoms with Gasteiger partial charge in [0.05, 0.1) is 9.85 Å². The summed E-state index contributed by atoms with van der Waals surface area (Å²) in [6.45, 7) is 0. The first kappa shape index (κ1) is 13.1. The van der Waals surface area contributed by atoms with Crippen LogP contribution in [0.2, 0.25) is 5.02 Å². The van der Waals surface area contributed by atoms with E-state index in [-0.39, 0.29) is 10.6 Å². The molecule has 4 heteroatoms. The zero-order chi connectivity index (χ0) is 12.4. The molecule has 2 rings (SSSR count). The molecule has 0 aliphatic heterocycles. The van der Waals surface area contributed by atoms with Crippen LogP contribution < -0.4 is 0 Å². The van der Waals surface area contributed by atoms with Gasteiger partial charge in [-0.3, -0.25) is 0 Å². The van der Waals surface area contributed by atoms with Gasteiger partial charge in [0.25, 0.3) is 0 Å². The van der Waals surface area contributed by atoms with E-state index < -0.39 is 0 Å². The minimum atomic E-state index is -0.234. The summed E-state index contributed by atoms with van der Waals surface area (Å²) in [7, 11) is 0. The quantitative estimate of drug-likeness (QED) is 0.586. The van der Waals surface area contributed by atoms with Crippen molar-refractivity contribution in [1.82, 2.24) is 0 Å². The molecule has 2 aromatic carbocycles. The van der Waals surface area contributed by atoms with Crippen molar-refractivity contribution in [3.8, 4) is 0 Å². The van der Waals surface area contributed by atoms with Gasteiger partial charge in [-0.25, -0.2) is 4.39 Å². The molecule has 0 N–H and O–H groups in total. The van der Waals surface area contributed by atoms with Crippen LogP contribution in [0.5, 0.6) is 0 Å². The molecule has 0 radical (unpaired) electrons. The monoisotopic (exact) mass is 376 g/mol. The summed E-state index contributed by atoms with van der Waals surface area (Å²) < 4.78 is 13.7. The molecule has 1 atom stereocenters. The number of halogens is 4. The van der Waals surface area contributed by atoms with Crippen LogP contribution >= 0.6 is 43.5 Å². The average molecular weight is 378 g/mol. The van der Waals surface area contributed by atoms with E-state index in [4.69, 9.17) is 11.6 Å². The van der Waals surface area contributed by atoms with Crippen LogP contribution in [-0.4, -0.2) is 0 Å². The van der Waals surface area contributed by atoms with Gasteiger partial charge in [-0.05, 0) is 51.3 Å². The van der Waals surface area contributed by atoms with Crippen LogP contribution in [0.4, 0.5) is 4.39 Å². The first-order chi connectivity index (χ1) is 8.08. The average Bonchev–Trinajstić information content (AvgIpc) is 2.33. The molecule has 0 spiro atoms. The van der Waals surface area contributed by atoms with Gasteiger partial charge in [-0.2, -0.15) is 0 Å². The van der Waals surface area contributed by atoms with E-state index >= 15 is 0 Å². The lowest BCUT2D eigenvalue weighted by Gasteiger charge is -2.11. The summed E-state index contributed by atoms with van der Waals surface area (Å²) in [4.78, 5) is 0.00806. The lowest BCUT2D eigenvalue weighted by molar-refractivity contribution is 0.627. The fourth-order valence-electron chi connectivity index (χ4n) is 1.49. The van der Waals surface area contributed by atoms with Gasteiger partial charge >= 0.3 is 0 Å². The number of benzene rings is 2. The van der Waals surface area contributed by atoms with Crippen molar-refractivity contribution < 1.29 is 4.39 Å². The van der Waals surface area contributed by atoms with Crippen LogP contribution in [0, 0.1) is 5.82 Å². The van der Waals surface area contributed by atoms with E-state index in [1.165, 1.54) is 12.1 Å². The van der Waals surface area contributed by atoms with Gasteiger partial charge in [0.15, 0.2) is 0 Å². The molecule has 0 nitrogen and oxygen atoms in total. The van der Waals surface area contributed by atoms with Crippen LogP contribution in [0.15, 0.2) is 46.9 Å². The van der Waals surface area contributed by atoms with Crippen molar-refractivity contribution in [3.05, 3.63) is 68.9 Å². The predicted molar refractivity (Wildman–Crippen MR) is 76.3 cm³/mol. The van der Waals surface area contributed by atoms with Gasteiger partial charge < -0.3 is 0 Å². The standard InChI is InChI=1S/C13H8Br2ClF/c14-11-6-3-9(7-12(11)16)13(15)8-1-4-10(17)5-2-8/h1-7,13H. The number of hydrogen-bond donors (Lipinski definition) is 0. The number of alkyl halides is 1. The highest BCUT2D eigenvalue weighted by Gasteiger charge is 2.11. The number of hydrogen-bond acceptors (Lipinski definition) is 0. The molecule has 1 unspecified atom stereocenters. The molecule has 0 heterocycles.